The largest absolute Gasteiger partial charge is 0.368 e. The van der Waals surface area contributed by atoms with Crippen LogP contribution in [0.5, 0.6) is 0 Å². The lowest BCUT2D eigenvalue weighted by Gasteiger charge is -2.36. The minimum atomic E-state index is -0.233. The molecule has 8 nitrogen and oxygen atoms in total. The number of rotatable bonds is 5. The second kappa shape index (κ2) is 8.73. The summed E-state index contributed by atoms with van der Waals surface area (Å²) in [4.78, 5) is 29.1. The number of hydrogen-bond donors (Lipinski definition) is 2. The van der Waals surface area contributed by atoms with Crippen LogP contribution in [0.3, 0.4) is 0 Å². The third-order valence-corrected chi connectivity index (χ3v) is 4.92. The molecule has 1 amide bonds. The van der Waals surface area contributed by atoms with Crippen molar-refractivity contribution >= 4 is 29.2 Å². The van der Waals surface area contributed by atoms with Gasteiger partial charge in [0.2, 0.25) is 11.9 Å². The molecule has 1 fully saturated rings. The Morgan fingerprint density at radius 3 is 2.47 bits per heavy atom. The molecule has 0 bridgehead atoms. The fourth-order valence-electron chi connectivity index (χ4n) is 3.33. The molecule has 2 N–H and O–H groups in total. The molecule has 2 heterocycles. The van der Waals surface area contributed by atoms with Gasteiger partial charge in [-0.1, -0.05) is 6.07 Å². The fourth-order valence-corrected chi connectivity index (χ4v) is 3.33. The monoisotopic (exact) mass is 407 g/mol. The van der Waals surface area contributed by atoms with Crippen LogP contribution >= 0.6 is 0 Å². The highest BCUT2D eigenvalue weighted by Crippen LogP contribution is 2.20. The number of hydrogen-bond acceptors (Lipinski definition) is 7. The predicted octanol–water partition coefficient (Wildman–Crippen LogP) is 2.44. The number of benzene rings is 2. The summed E-state index contributed by atoms with van der Waals surface area (Å²) in [6.07, 6.45) is 1.47. The van der Waals surface area contributed by atoms with Crippen LogP contribution in [0.1, 0.15) is 10.4 Å². The molecule has 30 heavy (non-hydrogen) atoms. The average molecular weight is 407 g/mol. The standard InChI is InChI=1S/C21H22FN7O/c1-23-19(30)15-3-2-4-17(13-15)26-20-24-14-25-21(27-20)29-11-9-28(10-12-29)18-7-5-16(22)6-8-18/h2-8,13-14H,9-12H2,1H3,(H,23,30)(H,24,25,26,27). The van der Waals surface area contributed by atoms with Crippen LogP contribution in [0.15, 0.2) is 54.9 Å². The van der Waals surface area contributed by atoms with E-state index in [1.165, 1.54) is 18.5 Å². The average Bonchev–Trinajstić information content (AvgIpc) is 2.79. The van der Waals surface area contributed by atoms with E-state index in [2.05, 4.69) is 35.4 Å². The van der Waals surface area contributed by atoms with Crippen molar-refractivity contribution in [1.29, 1.82) is 0 Å². The van der Waals surface area contributed by atoms with Crippen molar-refractivity contribution in [1.82, 2.24) is 20.3 Å². The zero-order valence-corrected chi connectivity index (χ0v) is 16.5. The summed E-state index contributed by atoms with van der Waals surface area (Å²) in [5.74, 6) is 0.612. The molecule has 2 aromatic carbocycles. The molecule has 1 aromatic heterocycles. The van der Waals surface area contributed by atoms with Crippen molar-refractivity contribution in [3.63, 3.8) is 0 Å². The van der Waals surface area contributed by atoms with Gasteiger partial charge in [0.15, 0.2) is 0 Å². The number of piperazine rings is 1. The van der Waals surface area contributed by atoms with Gasteiger partial charge in [-0.2, -0.15) is 4.98 Å². The number of aromatic nitrogens is 3. The van der Waals surface area contributed by atoms with Gasteiger partial charge in [-0.15, -0.1) is 0 Å². The van der Waals surface area contributed by atoms with E-state index in [-0.39, 0.29) is 11.7 Å². The molecule has 0 saturated carbocycles. The number of nitrogens with zero attached hydrogens (tertiary/aromatic N) is 5. The van der Waals surface area contributed by atoms with E-state index in [1.807, 2.05) is 6.07 Å². The molecule has 9 heteroatoms. The van der Waals surface area contributed by atoms with E-state index in [4.69, 9.17) is 0 Å². The van der Waals surface area contributed by atoms with E-state index >= 15 is 0 Å². The maximum absolute atomic E-state index is 13.1. The normalized spacial score (nSPS) is 13.8. The Hall–Kier alpha value is -3.75. The van der Waals surface area contributed by atoms with Crippen LogP contribution in [0.4, 0.5) is 27.7 Å². The van der Waals surface area contributed by atoms with E-state index in [0.29, 0.717) is 17.5 Å². The summed E-state index contributed by atoms with van der Waals surface area (Å²) >= 11 is 0. The molecular formula is C21H22FN7O. The highest BCUT2D eigenvalue weighted by atomic mass is 19.1. The number of anilines is 4. The molecule has 1 saturated heterocycles. The fraction of sp³-hybridized carbons (Fsp3) is 0.238. The zero-order chi connectivity index (χ0) is 20.9. The van der Waals surface area contributed by atoms with Crippen molar-refractivity contribution in [3.05, 3.63) is 66.2 Å². The van der Waals surface area contributed by atoms with Gasteiger partial charge in [-0.25, -0.2) is 14.4 Å². The van der Waals surface area contributed by atoms with E-state index in [9.17, 15) is 9.18 Å². The summed E-state index contributed by atoms with van der Waals surface area (Å²) in [5.41, 5.74) is 2.27. The van der Waals surface area contributed by atoms with E-state index in [0.717, 1.165) is 37.6 Å². The Labute approximate surface area is 173 Å². The topological polar surface area (TPSA) is 86.3 Å². The SMILES string of the molecule is CNC(=O)c1cccc(Nc2ncnc(N3CCN(c4ccc(F)cc4)CC3)n2)c1. The first-order valence-corrected chi connectivity index (χ1v) is 9.66. The van der Waals surface area contributed by atoms with Crippen molar-refractivity contribution < 1.29 is 9.18 Å². The van der Waals surface area contributed by atoms with E-state index < -0.39 is 0 Å². The predicted molar refractivity (Wildman–Crippen MR) is 114 cm³/mol. The third kappa shape index (κ3) is 4.45. The van der Waals surface area contributed by atoms with Crippen LogP contribution in [0.2, 0.25) is 0 Å². The molecule has 1 aliphatic rings. The Morgan fingerprint density at radius 1 is 1.00 bits per heavy atom. The summed E-state index contributed by atoms with van der Waals surface area (Å²) < 4.78 is 13.1. The van der Waals surface area contributed by atoms with Crippen molar-refractivity contribution in [2.45, 2.75) is 0 Å². The minimum Gasteiger partial charge on any atom is -0.368 e. The smallest absolute Gasteiger partial charge is 0.251 e. The van der Waals surface area contributed by atoms with Gasteiger partial charge in [-0.05, 0) is 42.5 Å². The summed E-state index contributed by atoms with van der Waals surface area (Å²) in [7, 11) is 1.59. The first kappa shape index (κ1) is 19.6. The summed E-state index contributed by atoms with van der Waals surface area (Å²) in [6.45, 7) is 3.06. The molecule has 0 unspecified atom stereocenters. The van der Waals surface area contributed by atoms with Crippen molar-refractivity contribution in [3.8, 4) is 0 Å². The maximum atomic E-state index is 13.1. The second-order valence-electron chi connectivity index (χ2n) is 6.84. The first-order chi connectivity index (χ1) is 14.6. The minimum absolute atomic E-state index is 0.158. The lowest BCUT2D eigenvalue weighted by atomic mass is 10.2. The van der Waals surface area contributed by atoms with Crippen LogP contribution in [-0.2, 0) is 0 Å². The first-order valence-electron chi connectivity index (χ1n) is 9.66. The number of halogens is 1. The second-order valence-corrected chi connectivity index (χ2v) is 6.84. The molecular weight excluding hydrogens is 385 g/mol. The lowest BCUT2D eigenvalue weighted by molar-refractivity contribution is 0.0963. The van der Waals surface area contributed by atoms with Crippen LogP contribution < -0.4 is 20.4 Å². The van der Waals surface area contributed by atoms with Gasteiger partial charge >= 0.3 is 0 Å². The van der Waals surface area contributed by atoms with Gasteiger partial charge in [0.25, 0.3) is 5.91 Å². The number of nitrogens with one attached hydrogen (secondary N) is 2. The van der Waals surface area contributed by atoms with Crippen LogP contribution in [-0.4, -0.2) is 54.1 Å². The molecule has 1 aliphatic heterocycles. The molecule has 3 aromatic rings. The summed E-state index contributed by atoms with van der Waals surface area (Å²) in [5, 5.41) is 5.73. The van der Waals surface area contributed by atoms with Gasteiger partial charge in [0, 0.05) is 50.2 Å². The quantitative estimate of drug-likeness (QED) is 0.672. The molecule has 154 valence electrons. The Balaban J connectivity index is 1.42. The Bertz CT molecular complexity index is 1020. The van der Waals surface area contributed by atoms with Gasteiger partial charge in [-0.3, -0.25) is 4.79 Å². The molecule has 0 atom stereocenters. The van der Waals surface area contributed by atoms with Gasteiger partial charge in [0.1, 0.15) is 12.1 Å². The van der Waals surface area contributed by atoms with E-state index in [1.54, 1.807) is 37.4 Å². The van der Waals surface area contributed by atoms with Crippen molar-refractivity contribution in [2.75, 3.05) is 48.3 Å². The number of amides is 1. The molecule has 0 radical (unpaired) electrons. The molecule has 4 rings (SSSR count). The zero-order valence-electron chi connectivity index (χ0n) is 16.5. The molecule has 0 spiro atoms. The summed E-state index contributed by atoms with van der Waals surface area (Å²) in [6, 6.07) is 13.7. The molecule has 0 aliphatic carbocycles. The van der Waals surface area contributed by atoms with Crippen LogP contribution in [0.25, 0.3) is 0 Å². The van der Waals surface area contributed by atoms with Gasteiger partial charge in [0.05, 0.1) is 0 Å². The number of carbonyl (C=O) groups is 1. The lowest BCUT2D eigenvalue weighted by Crippen LogP contribution is -2.47. The third-order valence-electron chi connectivity index (χ3n) is 4.92. The van der Waals surface area contributed by atoms with Gasteiger partial charge < -0.3 is 20.4 Å². The highest BCUT2D eigenvalue weighted by Gasteiger charge is 2.20. The Morgan fingerprint density at radius 2 is 1.73 bits per heavy atom. The maximum Gasteiger partial charge on any atom is 0.251 e. The highest BCUT2D eigenvalue weighted by molar-refractivity contribution is 5.95. The van der Waals surface area contributed by atoms with Crippen molar-refractivity contribution in [2.24, 2.45) is 0 Å². The Kier molecular flexibility index (Phi) is 5.69. The van der Waals surface area contributed by atoms with Crippen LogP contribution in [0, 0.1) is 5.82 Å². The number of carbonyl (C=O) groups excluding carboxylic acids is 1.